The summed E-state index contributed by atoms with van der Waals surface area (Å²) in [6.07, 6.45) is 4.92. The molecule has 0 heterocycles. The Kier molecular flexibility index (Phi) is 2.60. The summed E-state index contributed by atoms with van der Waals surface area (Å²) in [4.78, 5) is 0. The Balaban J connectivity index is 0.611. The first kappa shape index (κ1) is 22.8. The summed E-state index contributed by atoms with van der Waals surface area (Å²) < 4.78 is 0. The number of hydrogen-bond donors (Lipinski definition) is 0. The molecule has 20 fully saturated rings. The molecule has 244 valence electrons. The third-order valence-corrected chi connectivity index (χ3v) is 29.6. The summed E-state index contributed by atoms with van der Waals surface area (Å²) in [6, 6.07) is 0. The Labute approximate surface area is 281 Å². The van der Waals surface area contributed by atoms with Crippen LogP contribution < -0.4 is 0 Å². The summed E-state index contributed by atoms with van der Waals surface area (Å²) in [5.74, 6) is 43.6. The van der Waals surface area contributed by atoms with Gasteiger partial charge in [-0.05, 0) is 248 Å². The van der Waals surface area contributed by atoms with Gasteiger partial charge >= 0.3 is 0 Å². The van der Waals surface area contributed by atoms with Crippen molar-refractivity contribution in [3.63, 3.8) is 0 Å². The average Bonchev–Trinajstić information content (AvgIpc) is 2.98. The highest BCUT2D eigenvalue weighted by Crippen LogP contribution is 3.07. The molecule has 0 radical (unpaired) electrons. The van der Waals surface area contributed by atoms with Crippen LogP contribution in [-0.2, 0) is 0 Å². The molecule has 34 unspecified atom stereocenters. The molecule has 0 aromatic heterocycles. The third-order valence-electron chi connectivity index (χ3n) is 29.6. The predicted octanol–water partition coefficient (Wildman–Crippen LogP) is 8.04. The molecule has 20 saturated carbocycles. The molecule has 47 heavy (non-hydrogen) atoms. The van der Waals surface area contributed by atoms with E-state index in [4.69, 9.17) is 0 Å². The highest BCUT2D eigenvalue weighted by molar-refractivity contribution is 5.50. The highest BCUT2D eigenvalue weighted by atomic mass is 15.1. The van der Waals surface area contributed by atoms with Gasteiger partial charge in [0.2, 0.25) is 0 Å². The standard InChI is InChI=1S/C47H56/c1-9-8-12-13(9)34-16(12)35-32-33-41(40(32)45(34,35)3)47(5)43(33)42-31-25-24-27(28(25)39(31)46(42,47)4)37-30(24)38-29-23-21-19-17-14-10-6-7-11(10)15(14)18(17)20(19)22(21)26(23)36(29)44(37,38)2/h9-43H,6-8H2,1-5H3/t9-,10?,11?,12?,13?,14?,15?,16?,17?,18?,19?,20?,21?,22?,23?,24?,25?,26?,27?,28?,29?,30?,31?,32?,33?,34?,35?,36?,37?,38?,39?,40?,41?,42?,43?,44+,45+,46-,47+/m1/s1. The van der Waals surface area contributed by atoms with Crippen molar-refractivity contribution in [1.29, 1.82) is 0 Å². The van der Waals surface area contributed by atoms with Crippen LogP contribution in [0.5, 0.6) is 0 Å². The molecule has 0 bridgehead atoms. The molecule has 0 heteroatoms. The Bertz CT molecular complexity index is 1860. The minimum absolute atomic E-state index is 0.787. The van der Waals surface area contributed by atoms with Gasteiger partial charge in [-0.1, -0.05) is 34.6 Å². The zero-order valence-electron chi connectivity index (χ0n) is 29.3. The summed E-state index contributed by atoms with van der Waals surface area (Å²) in [5, 5.41) is 0. The van der Waals surface area contributed by atoms with E-state index in [1.165, 1.54) is 201 Å². The van der Waals surface area contributed by atoms with Crippen LogP contribution in [0.15, 0.2) is 0 Å². The van der Waals surface area contributed by atoms with Crippen molar-refractivity contribution in [2.45, 2.75) is 53.9 Å². The summed E-state index contributed by atoms with van der Waals surface area (Å²) in [7, 11) is 0. The fraction of sp³-hybridized carbons (Fsp3) is 1.00. The smallest absolute Gasteiger partial charge is 0.0198 e. The molecule has 0 saturated heterocycles. The molecule has 20 rings (SSSR count). The summed E-state index contributed by atoms with van der Waals surface area (Å²) in [5.41, 5.74) is 3.26. The first-order chi connectivity index (χ1) is 22.8. The van der Waals surface area contributed by atoms with Crippen molar-refractivity contribution in [2.24, 2.45) is 229 Å². The lowest BCUT2D eigenvalue weighted by molar-refractivity contribution is -0.599. The molecule has 0 amide bonds. The van der Waals surface area contributed by atoms with Crippen molar-refractivity contribution >= 4 is 0 Å². The van der Waals surface area contributed by atoms with Crippen LogP contribution in [-0.4, -0.2) is 0 Å². The first-order valence-electron chi connectivity index (χ1n) is 22.8. The molecule has 0 aromatic carbocycles. The van der Waals surface area contributed by atoms with Gasteiger partial charge in [-0.25, -0.2) is 0 Å². The van der Waals surface area contributed by atoms with Crippen molar-refractivity contribution in [3.05, 3.63) is 0 Å². The molecule has 0 aliphatic heterocycles. The minimum atomic E-state index is 0.787. The van der Waals surface area contributed by atoms with E-state index in [1.807, 2.05) is 0 Å². The lowest BCUT2D eigenvalue weighted by atomic mass is 8.98. The molecule has 0 nitrogen and oxygen atoms in total. The second-order valence-corrected chi connectivity index (χ2v) is 26.5. The summed E-state index contributed by atoms with van der Waals surface area (Å²) in [6.45, 7) is 14.4. The maximum atomic E-state index is 2.96. The number of rotatable bonds is 0. The second kappa shape index (κ2) is 5.35. The van der Waals surface area contributed by atoms with Crippen molar-refractivity contribution in [1.82, 2.24) is 0 Å². The number of fused-ring (bicyclic) bond motifs is 55. The van der Waals surface area contributed by atoms with Crippen LogP contribution in [0.1, 0.15) is 53.9 Å². The molecule has 0 aromatic rings. The topological polar surface area (TPSA) is 0 Å². The van der Waals surface area contributed by atoms with Crippen LogP contribution in [0.3, 0.4) is 0 Å². The third kappa shape index (κ3) is 1.34. The second-order valence-electron chi connectivity index (χ2n) is 26.5. The van der Waals surface area contributed by atoms with Crippen molar-refractivity contribution < 1.29 is 0 Å². The normalized spacial score (nSPS) is 98.6. The fourth-order valence-electron chi connectivity index (χ4n) is 29.9. The van der Waals surface area contributed by atoms with Crippen molar-refractivity contribution in [3.8, 4) is 0 Å². The largest absolute Gasteiger partial charge is 0.0622 e. The van der Waals surface area contributed by atoms with Gasteiger partial charge in [0.1, 0.15) is 0 Å². The van der Waals surface area contributed by atoms with E-state index in [0.717, 1.165) is 27.6 Å². The van der Waals surface area contributed by atoms with E-state index in [2.05, 4.69) is 34.6 Å². The quantitative estimate of drug-likeness (QED) is 0.241. The Hall–Kier alpha value is 0. The van der Waals surface area contributed by atoms with Crippen LogP contribution in [0.25, 0.3) is 0 Å². The minimum Gasteiger partial charge on any atom is -0.0622 e. The maximum absolute atomic E-state index is 2.96. The van der Waals surface area contributed by atoms with Gasteiger partial charge in [-0.15, -0.1) is 0 Å². The van der Waals surface area contributed by atoms with Gasteiger partial charge < -0.3 is 0 Å². The Morgan fingerprint density at radius 3 is 1.28 bits per heavy atom. The molecular weight excluding hydrogens is 565 g/mol. The zero-order chi connectivity index (χ0) is 29.3. The van der Waals surface area contributed by atoms with E-state index in [9.17, 15) is 0 Å². The first-order valence-corrected chi connectivity index (χ1v) is 22.8. The zero-order valence-corrected chi connectivity index (χ0v) is 29.3. The molecule has 20 aliphatic carbocycles. The van der Waals surface area contributed by atoms with Crippen LogP contribution in [0, 0.1) is 229 Å². The van der Waals surface area contributed by atoms with E-state index < -0.39 is 0 Å². The molecular formula is C47H56. The van der Waals surface area contributed by atoms with Gasteiger partial charge in [0.05, 0.1) is 0 Å². The SMILES string of the molecule is C[C@@H]1CC2C3C4C5C6C(C5[C@@]4(C)C3C21)[C@@]1(C)C6C2C3C4C5C(C4C3[C@]21C)C1C5C2C3C4C5C6C7C8C9CCC9C8C7C6C5C4C3[C@@]12C. The number of hydrogen-bond acceptors (Lipinski definition) is 0. The lowest BCUT2D eigenvalue weighted by Gasteiger charge is -3.06. The van der Waals surface area contributed by atoms with E-state index >= 15 is 0 Å². The van der Waals surface area contributed by atoms with Gasteiger partial charge in [-0.2, -0.15) is 0 Å². The lowest BCUT2D eigenvalue weighted by Crippen LogP contribution is -3.03. The molecule has 39 atom stereocenters. The highest BCUT2D eigenvalue weighted by Gasteiger charge is 3.04. The average molecular weight is 621 g/mol. The summed E-state index contributed by atoms with van der Waals surface area (Å²) >= 11 is 0. The van der Waals surface area contributed by atoms with Crippen LogP contribution in [0.2, 0.25) is 0 Å². The van der Waals surface area contributed by atoms with Gasteiger partial charge in [0, 0.05) is 0 Å². The van der Waals surface area contributed by atoms with Crippen LogP contribution in [0.4, 0.5) is 0 Å². The van der Waals surface area contributed by atoms with Gasteiger partial charge in [-0.3, -0.25) is 0 Å². The van der Waals surface area contributed by atoms with Gasteiger partial charge in [0.15, 0.2) is 0 Å². The van der Waals surface area contributed by atoms with E-state index in [-0.39, 0.29) is 0 Å². The van der Waals surface area contributed by atoms with Crippen molar-refractivity contribution in [2.75, 3.05) is 0 Å². The Morgan fingerprint density at radius 2 is 0.660 bits per heavy atom. The molecule has 0 N–H and O–H groups in total. The predicted molar refractivity (Wildman–Crippen MR) is 174 cm³/mol. The Morgan fingerprint density at radius 1 is 0.298 bits per heavy atom. The van der Waals surface area contributed by atoms with Gasteiger partial charge in [0.25, 0.3) is 0 Å². The monoisotopic (exact) mass is 620 g/mol. The van der Waals surface area contributed by atoms with Crippen LogP contribution >= 0.6 is 0 Å². The van der Waals surface area contributed by atoms with E-state index in [1.54, 1.807) is 19.3 Å². The maximum Gasteiger partial charge on any atom is -0.0198 e. The molecule has 20 aliphatic rings. The fourth-order valence-corrected chi connectivity index (χ4v) is 29.9. The van der Waals surface area contributed by atoms with E-state index in [0.29, 0.717) is 0 Å². The molecule has 0 spiro atoms.